The predicted octanol–water partition coefficient (Wildman–Crippen LogP) is 2.95. The topological polar surface area (TPSA) is 75.6 Å². The van der Waals surface area contributed by atoms with Crippen LogP contribution >= 0.6 is 0 Å². The van der Waals surface area contributed by atoms with Gasteiger partial charge in [0.05, 0.1) is 12.5 Å². The Labute approximate surface area is 131 Å². The van der Waals surface area contributed by atoms with E-state index in [2.05, 4.69) is 5.32 Å². The number of ether oxygens (including phenoxy) is 1. The lowest BCUT2D eigenvalue weighted by atomic mass is 9.97. The molecule has 0 bridgehead atoms. The first-order valence-electron chi connectivity index (χ1n) is 7.67. The van der Waals surface area contributed by atoms with Crippen molar-refractivity contribution in [3.63, 3.8) is 0 Å². The van der Waals surface area contributed by atoms with Gasteiger partial charge < -0.3 is 15.2 Å². The Morgan fingerprint density at radius 2 is 2.05 bits per heavy atom. The zero-order chi connectivity index (χ0) is 16.5. The monoisotopic (exact) mass is 307 g/mol. The van der Waals surface area contributed by atoms with E-state index in [1.54, 1.807) is 24.3 Å². The lowest BCUT2D eigenvalue weighted by molar-refractivity contribution is -0.142. The van der Waals surface area contributed by atoms with Crippen molar-refractivity contribution in [3.05, 3.63) is 29.8 Å². The van der Waals surface area contributed by atoms with Crippen LogP contribution in [0.3, 0.4) is 0 Å². The summed E-state index contributed by atoms with van der Waals surface area (Å²) in [5.74, 6) is -0.815. The maximum Gasteiger partial charge on any atom is 0.308 e. The zero-order valence-corrected chi connectivity index (χ0v) is 13.5. The van der Waals surface area contributed by atoms with Crippen LogP contribution in [-0.2, 0) is 4.79 Å². The van der Waals surface area contributed by atoms with Gasteiger partial charge in [-0.15, -0.1) is 0 Å². The van der Waals surface area contributed by atoms with Gasteiger partial charge in [-0.25, -0.2) is 0 Å². The van der Waals surface area contributed by atoms with Gasteiger partial charge in [-0.05, 0) is 37.0 Å². The zero-order valence-electron chi connectivity index (χ0n) is 13.5. The number of aliphatic carboxylic acids is 1. The Balaban J connectivity index is 2.62. The Morgan fingerprint density at radius 1 is 1.32 bits per heavy atom. The van der Waals surface area contributed by atoms with Gasteiger partial charge in [0.25, 0.3) is 5.91 Å². The second-order valence-electron chi connectivity index (χ2n) is 5.75. The van der Waals surface area contributed by atoms with Crippen molar-refractivity contribution < 1.29 is 19.4 Å². The van der Waals surface area contributed by atoms with Crippen LogP contribution in [0.2, 0.25) is 0 Å². The van der Waals surface area contributed by atoms with Crippen LogP contribution in [0.4, 0.5) is 0 Å². The number of nitrogens with one attached hydrogen (secondary N) is 1. The third-order valence-electron chi connectivity index (χ3n) is 3.18. The van der Waals surface area contributed by atoms with Crippen molar-refractivity contribution in [1.82, 2.24) is 5.32 Å². The lowest BCUT2D eigenvalue weighted by Gasteiger charge is -2.15. The molecule has 0 fully saturated rings. The number of benzene rings is 1. The molecule has 0 radical (unpaired) electrons. The largest absolute Gasteiger partial charge is 0.494 e. The van der Waals surface area contributed by atoms with E-state index >= 15 is 0 Å². The standard InChI is InChI=1S/C17H25NO4/c1-4-8-22-15-7-5-6-13(10-15)16(19)18-11-14(17(20)21)9-12(2)3/h5-7,10,12,14H,4,8-9,11H2,1-3H3,(H,18,19)(H,20,21). The molecule has 0 aliphatic carbocycles. The SMILES string of the molecule is CCCOc1cccc(C(=O)NCC(CC(C)C)C(=O)O)c1. The van der Waals surface area contributed by atoms with Crippen molar-refractivity contribution in [3.8, 4) is 5.75 Å². The minimum Gasteiger partial charge on any atom is -0.494 e. The summed E-state index contributed by atoms with van der Waals surface area (Å²) in [5, 5.41) is 11.9. The van der Waals surface area contributed by atoms with Crippen LogP contribution in [0, 0.1) is 11.8 Å². The average molecular weight is 307 g/mol. The molecule has 1 aromatic rings. The fourth-order valence-electron chi connectivity index (χ4n) is 2.11. The molecule has 2 N–H and O–H groups in total. The maximum atomic E-state index is 12.1. The van der Waals surface area contributed by atoms with Crippen molar-refractivity contribution in [2.75, 3.05) is 13.2 Å². The van der Waals surface area contributed by atoms with Gasteiger partial charge in [-0.2, -0.15) is 0 Å². The third kappa shape index (κ3) is 6.16. The third-order valence-corrected chi connectivity index (χ3v) is 3.18. The Bertz CT molecular complexity index is 499. The summed E-state index contributed by atoms with van der Waals surface area (Å²) in [6.45, 7) is 6.67. The molecule has 0 aromatic heterocycles. The average Bonchev–Trinajstić information content (AvgIpc) is 2.48. The summed E-state index contributed by atoms with van der Waals surface area (Å²) in [7, 11) is 0. The number of carboxylic acid groups (broad SMARTS) is 1. The quantitative estimate of drug-likeness (QED) is 0.735. The van der Waals surface area contributed by atoms with E-state index < -0.39 is 11.9 Å². The number of amides is 1. The number of rotatable bonds is 9. The summed E-state index contributed by atoms with van der Waals surface area (Å²) >= 11 is 0. The van der Waals surface area contributed by atoms with Crippen LogP contribution in [0.15, 0.2) is 24.3 Å². The van der Waals surface area contributed by atoms with E-state index in [4.69, 9.17) is 4.74 Å². The number of carbonyl (C=O) groups excluding carboxylic acids is 1. The van der Waals surface area contributed by atoms with E-state index in [0.717, 1.165) is 6.42 Å². The maximum absolute atomic E-state index is 12.1. The molecule has 1 rings (SSSR count). The molecule has 0 aliphatic rings. The van der Waals surface area contributed by atoms with Crippen LogP contribution in [0.25, 0.3) is 0 Å². The molecule has 0 saturated heterocycles. The van der Waals surface area contributed by atoms with Gasteiger partial charge in [0.15, 0.2) is 0 Å². The first kappa shape index (κ1) is 18.0. The van der Waals surface area contributed by atoms with E-state index in [-0.39, 0.29) is 18.4 Å². The first-order chi connectivity index (χ1) is 10.4. The molecule has 22 heavy (non-hydrogen) atoms. The molecule has 1 atom stereocenters. The highest BCUT2D eigenvalue weighted by molar-refractivity contribution is 5.94. The number of carbonyl (C=O) groups is 2. The summed E-state index contributed by atoms with van der Waals surface area (Å²) in [6, 6.07) is 6.91. The normalized spacial score (nSPS) is 12.0. The second kappa shape index (κ2) is 9.07. The number of hydrogen-bond acceptors (Lipinski definition) is 3. The van der Waals surface area contributed by atoms with Crippen LogP contribution in [0.1, 0.15) is 44.0 Å². The van der Waals surface area contributed by atoms with Crippen LogP contribution in [0.5, 0.6) is 5.75 Å². The van der Waals surface area contributed by atoms with Gasteiger partial charge in [0.1, 0.15) is 5.75 Å². The number of carboxylic acids is 1. The summed E-state index contributed by atoms with van der Waals surface area (Å²) < 4.78 is 5.49. The molecule has 1 unspecified atom stereocenters. The Morgan fingerprint density at radius 3 is 2.64 bits per heavy atom. The minimum absolute atomic E-state index is 0.131. The van der Waals surface area contributed by atoms with Gasteiger partial charge in [0.2, 0.25) is 0 Å². The molecule has 0 heterocycles. The summed E-state index contributed by atoms with van der Waals surface area (Å²) in [6.07, 6.45) is 1.43. The molecule has 1 aromatic carbocycles. The van der Waals surface area contributed by atoms with E-state index in [1.165, 1.54) is 0 Å². The number of hydrogen-bond donors (Lipinski definition) is 2. The molecular weight excluding hydrogens is 282 g/mol. The summed E-state index contributed by atoms with van der Waals surface area (Å²) in [4.78, 5) is 23.3. The smallest absolute Gasteiger partial charge is 0.308 e. The highest BCUT2D eigenvalue weighted by Crippen LogP contribution is 2.15. The van der Waals surface area contributed by atoms with E-state index in [9.17, 15) is 14.7 Å². The van der Waals surface area contributed by atoms with Crippen molar-refractivity contribution >= 4 is 11.9 Å². The van der Waals surface area contributed by atoms with Crippen molar-refractivity contribution in [2.24, 2.45) is 11.8 Å². The molecule has 122 valence electrons. The predicted molar refractivity (Wildman–Crippen MR) is 85.1 cm³/mol. The molecule has 0 aliphatic heterocycles. The Hall–Kier alpha value is -2.04. The molecule has 1 amide bonds. The van der Waals surface area contributed by atoms with E-state index in [0.29, 0.717) is 24.3 Å². The molecular formula is C17H25NO4. The van der Waals surface area contributed by atoms with E-state index in [1.807, 2.05) is 20.8 Å². The minimum atomic E-state index is -0.881. The molecule has 0 saturated carbocycles. The first-order valence-corrected chi connectivity index (χ1v) is 7.67. The van der Waals surface area contributed by atoms with Crippen molar-refractivity contribution in [1.29, 1.82) is 0 Å². The van der Waals surface area contributed by atoms with Crippen LogP contribution in [-0.4, -0.2) is 30.1 Å². The van der Waals surface area contributed by atoms with Crippen molar-refractivity contribution in [2.45, 2.75) is 33.6 Å². The van der Waals surface area contributed by atoms with Gasteiger partial charge in [-0.3, -0.25) is 9.59 Å². The molecule has 5 heteroatoms. The van der Waals surface area contributed by atoms with Gasteiger partial charge in [0, 0.05) is 12.1 Å². The summed E-state index contributed by atoms with van der Waals surface area (Å²) in [5.41, 5.74) is 0.474. The highest BCUT2D eigenvalue weighted by atomic mass is 16.5. The lowest BCUT2D eigenvalue weighted by Crippen LogP contribution is -2.33. The fraction of sp³-hybridized carbons (Fsp3) is 0.529. The van der Waals surface area contributed by atoms with Gasteiger partial charge >= 0.3 is 5.97 Å². The molecule has 5 nitrogen and oxygen atoms in total. The highest BCUT2D eigenvalue weighted by Gasteiger charge is 2.20. The molecule has 0 spiro atoms. The Kier molecular flexibility index (Phi) is 7.43. The fourth-order valence-corrected chi connectivity index (χ4v) is 2.11. The second-order valence-corrected chi connectivity index (χ2v) is 5.75. The van der Waals surface area contributed by atoms with Crippen LogP contribution < -0.4 is 10.1 Å². The van der Waals surface area contributed by atoms with Gasteiger partial charge in [-0.1, -0.05) is 26.8 Å².